The second kappa shape index (κ2) is 8.34. The Balaban J connectivity index is 1.53. The van der Waals surface area contributed by atoms with E-state index < -0.39 is 5.97 Å². The Morgan fingerprint density at radius 3 is 2.52 bits per heavy atom. The van der Waals surface area contributed by atoms with Gasteiger partial charge in [0.1, 0.15) is 17.4 Å². The third kappa shape index (κ3) is 4.72. The number of halogens is 2. The minimum atomic E-state index is -0.493. The number of benzene rings is 2. The van der Waals surface area contributed by atoms with Crippen LogP contribution in [-0.4, -0.2) is 17.6 Å². The van der Waals surface area contributed by atoms with Crippen LogP contribution < -0.4 is 4.74 Å². The number of rotatable bonds is 6. The highest BCUT2D eigenvalue weighted by Crippen LogP contribution is 2.30. The molecule has 0 radical (unpaired) electrons. The van der Waals surface area contributed by atoms with Crippen LogP contribution in [0, 0.1) is 0 Å². The van der Waals surface area contributed by atoms with E-state index >= 15 is 0 Å². The van der Waals surface area contributed by atoms with E-state index in [4.69, 9.17) is 32.7 Å². The van der Waals surface area contributed by atoms with Gasteiger partial charge >= 0.3 is 5.97 Å². The highest BCUT2D eigenvalue weighted by Gasteiger charge is 2.11. The lowest BCUT2D eigenvalue weighted by molar-refractivity contribution is -0.147. The zero-order valence-corrected chi connectivity index (χ0v) is 15.3. The largest absolute Gasteiger partial charge is 0.480 e. The SMILES string of the molecule is O=C(COc1ccccc1Cl)OCc1csc(-c2ccccc2Cl)n1. The monoisotopic (exact) mass is 393 g/mol. The van der Waals surface area contributed by atoms with Gasteiger partial charge in [-0.05, 0) is 18.2 Å². The molecule has 1 aromatic heterocycles. The molecule has 2 aromatic carbocycles. The van der Waals surface area contributed by atoms with Gasteiger partial charge < -0.3 is 9.47 Å². The Labute approximate surface area is 158 Å². The molecule has 0 aliphatic heterocycles. The molecule has 0 saturated heterocycles. The van der Waals surface area contributed by atoms with Crippen molar-refractivity contribution in [1.29, 1.82) is 0 Å². The zero-order valence-electron chi connectivity index (χ0n) is 12.9. The average Bonchev–Trinajstić information content (AvgIpc) is 3.08. The normalized spacial score (nSPS) is 10.5. The number of carbonyl (C=O) groups is 1. The van der Waals surface area contributed by atoms with E-state index in [2.05, 4.69) is 4.98 Å². The smallest absolute Gasteiger partial charge is 0.344 e. The fourth-order valence-electron chi connectivity index (χ4n) is 2.03. The second-order valence-electron chi connectivity index (χ2n) is 5.00. The topological polar surface area (TPSA) is 48.4 Å². The van der Waals surface area contributed by atoms with Gasteiger partial charge in [-0.1, -0.05) is 53.5 Å². The predicted octanol–water partition coefficient (Wildman–Crippen LogP) is 5.24. The fraction of sp³-hybridized carbons (Fsp3) is 0.111. The minimum absolute atomic E-state index is 0.0751. The van der Waals surface area contributed by atoms with Gasteiger partial charge in [0.25, 0.3) is 0 Å². The van der Waals surface area contributed by atoms with E-state index in [1.54, 1.807) is 24.3 Å². The number of ether oxygens (including phenoxy) is 2. The van der Waals surface area contributed by atoms with Crippen LogP contribution in [0.5, 0.6) is 5.75 Å². The van der Waals surface area contributed by atoms with Gasteiger partial charge in [0.15, 0.2) is 6.61 Å². The van der Waals surface area contributed by atoms with Gasteiger partial charge in [-0.25, -0.2) is 9.78 Å². The van der Waals surface area contributed by atoms with Crippen LogP contribution in [0.15, 0.2) is 53.9 Å². The summed E-state index contributed by atoms with van der Waals surface area (Å²) in [6.07, 6.45) is 0. The first kappa shape index (κ1) is 17.7. The Morgan fingerprint density at radius 1 is 1.04 bits per heavy atom. The summed E-state index contributed by atoms with van der Waals surface area (Å²) < 4.78 is 10.5. The number of aromatic nitrogens is 1. The van der Waals surface area contributed by atoms with Gasteiger partial charge in [-0.2, -0.15) is 0 Å². The van der Waals surface area contributed by atoms with Crippen LogP contribution in [0.4, 0.5) is 0 Å². The molecule has 0 saturated carbocycles. The quantitative estimate of drug-likeness (QED) is 0.537. The van der Waals surface area contributed by atoms with Crippen molar-refractivity contribution in [1.82, 2.24) is 4.98 Å². The molecule has 0 spiro atoms. The van der Waals surface area contributed by atoms with E-state index in [9.17, 15) is 4.79 Å². The van der Waals surface area contributed by atoms with Crippen molar-refractivity contribution in [2.75, 3.05) is 6.61 Å². The van der Waals surface area contributed by atoms with Crippen LogP contribution in [0.25, 0.3) is 10.6 Å². The summed E-state index contributed by atoms with van der Waals surface area (Å²) in [7, 11) is 0. The lowest BCUT2D eigenvalue weighted by Crippen LogP contribution is -2.15. The summed E-state index contributed by atoms with van der Waals surface area (Å²) in [5.41, 5.74) is 1.51. The summed E-state index contributed by atoms with van der Waals surface area (Å²) in [6.45, 7) is -0.142. The molecule has 0 unspecified atom stereocenters. The summed E-state index contributed by atoms with van der Waals surface area (Å²) >= 11 is 13.6. The number of hydrogen-bond acceptors (Lipinski definition) is 5. The summed E-state index contributed by atoms with van der Waals surface area (Å²) in [5.74, 6) is -0.0528. The van der Waals surface area contributed by atoms with Crippen molar-refractivity contribution in [2.45, 2.75) is 6.61 Å². The van der Waals surface area contributed by atoms with Gasteiger partial charge in [-0.15, -0.1) is 11.3 Å². The molecule has 3 aromatic rings. The highest BCUT2D eigenvalue weighted by molar-refractivity contribution is 7.13. The van der Waals surface area contributed by atoms with E-state index in [1.165, 1.54) is 11.3 Å². The molecule has 0 fully saturated rings. The standard InChI is InChI=1S/C18H13Cl2NO3S/c19-14-6-2-1-5-13(14)18-21-12(11-25-18)9-24-17(22)10-23-16-8-4-3-7-15(16)20/h1-8,11H,9-10H2. The van der Waals surface area contributed by atoms with Gasteiger partial charge in [-0.3, -0.25) is 0 Å². The van der Waals surface area contributed by atoms with Crippen molar-refractivity contribution in [3.05, 3.63) is 69.7 Å². The first-order valence-corrected chi connectivity index (χ1v) is 8.99. The van der Waals surface area contributed by atoms with Crippen molar-refractivity contribution in [2.24, 2.45) is 0 Å². The Hall–Kier alpha value is -2.08. The van der Waals surface area contributed by atoms with Crippen molar-refractivity contribution >= 4 is 40.5 Å². The molecule has 3 rings (SSSR count). The molecule has 0 amide bonds. The van der Waals surface area contributed by atoms with E-state index in [0.29, 0.717) is 21.5 Å². The molecule has 0 aliphatic carbocycles. The Kier molecular flexibility index (Phi) is 5.91. The predicted molar refractivity (Wildman–Crippen MR) is 99.3 cm³/mol. The molecule has 4 nitrogen and oxygen atoms in total. The van der Waals surface area contributed by atoms with Crippen LogP contribution in [0.2, 0.25) is 10.0 Å². The van der Waals surface area contributed by atoms with E-state index in [0.717, 1.165) is 10.6 Å². The van der Waals surface area contributed by atoms with Gasteiger partial charge in [0.2, 0.25) is 0 Å². The van der Waals surface area contributed by atoms with Crippen LogP contribution in [-0.2, 0) is 16.1 Å². The first-order valence-electron chi connectivity index (χ1n) is 7.36. The average molecular weight is 394 g/mol. The number of para-hydroxylation sites is 1. The molecular formula is C18H13Cl2NO3S. The summed E-state index contributed by atoms with van der Waals surface area (Å²) in [6, 6.07) is 14.4. The molecule has 0 N–H and O–H groups in total. The van der Waals surface area contributed by atoms with Crippen molar-refractivity contribution < 1.29 is 14.3 Å². The maximum absolute atomic E-state index is 11.8. The highest BCUT2D eigenvalue weighted by atomic mass is 35.5. The third-order valence-electron chi connectivity index (χ3n) is 3.22. The number of carbonyl (C=O) groups excluding carboxylic acids is 1. The van der Waals surface area contributed by atoms with Crippen molar-refractivity contribution in [3.8, 4) is 16.3 Å². The fourth-order valence-corrected chi connectivity index (χ4v) is 3.34. The second-order valence-corrected chi connectivity index (χ2v) is 6.68. The number of esters is 1. The lowest BCUT2D eigenvalue weighted by atomic mass is 10.2. The number of thiazole rings is 1. The van der Waals surface area contributed by atoms with Crippen molar-refractivity contribution in [3.63, 3.8) is 0 Å². The van der Waals surface area contributed by atoms with E-state index in [1.807, 2.05) is 29.6 Å². The maximum atomic E-state index is 11.8. The molecule has 0 aliphatic rings. The molecule has 128 valence electrons. The number of nitrogens with zero attached hydrogens (tertiary/aromatic N) is 1. The molecule has 0 atom stereocenters. The molecular weight excluding hydrogens is 381 g/mol. The molecule has 0 bridgehead atoms. The van der Waals surface area contributed by atoms with Crippen LogP contribution >= 0.6 is 34.5 Å². The van der Waals surface area contributed by atoms with Gasteiger partial charge in [0, 0.05) is 10.9 Å². The molecule has 7 heteroatoms. The molecule has 1 heterocycles. The number of hydrogen-bond donors (Lipinski definition) is 0. The first-order chi connectivity index (χ1) is 12.1. The van der Waals surface area contributed by atoms with Crippen LogP contribution in [0.3, 0.4) is 0 Å². The summed E-state index contributed by atoms with van der Waals surface area (Å²) in [5, 5.41) is 3.69. The zero-order chi connectivity index (χ0) is 17.6. The minimum Gasteiger partial charge on any atom is -0.480 e. The third-order valence-corrected chi connectivity index (χ3v) is 4.79. The molecule has 25 heavy (non-hydrogen) atoms. The lowest BCUT2D eigenvalue weighted by Gasteiger charge is -2.07. The van der Waals surface area contributed by atoms with Gasteiger partial charge in [0.05, 0.1) is 15.7 Å². The summed E-state index contributed by atoms with van der Waals surface area (Å²) in [4.78, 5) is 16.2. The maximum Gasteiger partial charge on any atom is 0.344 e. The Bertz CT molecular complexity index is 882. The van der Waals surface area contributed by atoms with Crippen LogP contribution in [0.1, 0.15) is 5.69 Å². The Morgan fingerprint density at radius 2 is 1.76 bits per heavy atom. The van der Waals surface area contributed by atoms with E-state index in [-0.39, 0.29) is 13.2 Å².